The summed E-state index contributed by atoms with van der Waals surface area (Å²) in [5.41, 5.74) is 5.69. The van der Waals surface area contributed by atoms with Gasteiger partial charge in [-0.25, -0.2) is 0 Å². The Hall–Kier alpha value is -1.10. The van der Waals surface area contributed by atoms with Crippen LogP contribution in [0, 0.1) is 5.92 Å². The molecule has 0 aromatic carbocycles. The Labute approximate surface area is 90.8 Å². The quantitative estimate of drug-likeness (QED) is 0.564. The standard InChI is InChI=1S/C10H21N3O2/c1-4-7(3)9(11)10(15)13-6-8(14)12-5-2/h7,9H,4-6,11H2,1-3H3,(H,12,14)(H,13,15)/t7?,9-/m0/s1. The van der Waals surface area contributed by atoms with Crippen LogP contribution in [0.1, 0.15) is 27.2 Å². The van der Waals surface area contributed by atoms with Crippen molar-refractivity contribution >= 4 is 11.8 Å². The molecule has 0 saturated heterocycles. The molecule has 0 aromatic heterocycles. The number of amides is 2. The zero-order valence-corrected chi connectivity index (χ0v) is 9.67. The predicted octanol–water partition coefficient (Wildman–Crippen LogP) is -0.388. The summed E-state index contributed by atoms with van der Waals surface area (Å²) in [6.45, 7) is 6.27. The summed E-state index contributed by atoms with van der Waals surface area (Å²) in [4.78, 5) is 22.5. The van der Waals surface area contributed by atoms with E-state index >= 15 is 0 Å². The first-order valence-corrected chi connectivity index (χ1v) is 5.32. The summed E-state index contributed by atoms with van der Waals surface area (Å²) in [5, 5.41) is 5.09. The first-order valence-electron chi connectivity index (χ1n) is 5.32. The summed E-state index contributed by atoms with van der Waals surface area (Å²) < 4.78 is 0. The van der Waals surface area contributed by atoms with Crippen LogP contribution in [0.3, 0.4) is 0 Å². The number of carbonyl (C=O) groups is 2. The van der Waals surface area contributed by atoms with Crippen LogP contribution in [-0.2, 0) is 9.59 Å². The zero-order chi connectivity index (χ0) is 11.8. The van der Waals surface area contributed by atoms with Crippen LogP contribution in [0.25, 0.3) is 0 Å². The Morgan fingerprint density at radius 1 is 1.27 bits per heavy atom. The van der Waals surface area contributed by atoms with Gasteiger partial charge in [0.2, 0.25) is 11.8 Å². The van der Waals surface area contributed by atoms with Gasteiger partial charge >= 0.3 is 0 Å². The van der Waals surface area contributed by atoms with Gasteiger partial charge in [-0.15, -0.1) is 0 Å². The van der Waals surface area contributed by atoms with Gasteiger partial charge in [0.15, 0.2) is 0 Å². The fourth-order valence-corrected chi connectivity index (χ4v) is 1.06. The molecule has 0 bridgehead atoms. The number of nitrogens with two attached hydrogens (primary N) is 1. The van der Waals surface area contributed by atoms with E-state index in [1.54, 1.807) is 0 Å². The number of rotatable bonds is 6. The van der Waals surface area contributed by atoms with Crippen molar-refractivity contribution in [2.45, 2.75) is 33.2 Å². The van der Waals surface area contributed by atoms with Crippen LogP contribution in [0.2, 0.25) is 0 Å². The Bertz CT molecular complexity index is 219. The molecule has 0 aliphatic heterocycles. The molecule has 15 heavy (non-hydrogen) atoms. The maximum atomic E-state index is 11.4. The molecule has 4 N–H and O–H groups in total. The lowest BCUT2D eigenvalue weighted by molar-refractivity contribution is -0.127. The molecule has 0 saturated carbocycles. The monoisotopic (exact) mass is 215 g/mol. The molecule has 0 radical (unpaired) electrons. The molecule has 0 heterocycles. The predicted molar refractivity (Wildman–Crippen MR) is 59.1 cm³/mol. The third kappa shape index (κ3) is 5.37. The zero-order valence-electron chi connectivity index (χ0n) is 9.67. The third-order valence-corrected chi connectivity index (χ3v) is 2.36. The van der Waals surface area contributed by atoms with Gasteiger partial charge in [-0.3, -0.25) is 9.59 Å². The van der Waals surface area contributed by atoms with Crippen molar-refractivity contribution in [2.24, 2.45) is 11.7 Å². The minimum absolute atomic E-state index is 0.00317. The van der Waals surface area contributed by atoms with Crippen molar-refractivity contribution in [3.8, 4) is 0 Å². The van der Waals surface area contributed by atoms with Gasteiger partial charge in [0.1, 0.15) is 0 Å². The molecule has 1 unspecified atom stereocenters. The first kappa shape index (κ1) is 13.9. The van der Waals surface area contributed by atoms with Crippen molar-refractivity contribution in [1.82, 2.24) is 10.6 Å². The number of hydrogen-bond donors (Lipinski definition) is 3. The molecule has 88 valence electrons. The van der Waals surface area contributed by atoms with Crippen molar-refractivity contribution < 1.29 is 9.59 Å². The Kier molecular flexibility index (Phi) is 6.70. The van der Waals surface area contributed by atoms with Crippen LogP contribution in [0.4, 0.5) is 0 Å². The van der Waals surface area contributed by atoms with Gasteiger partial charge in [0.05, 0.1) is 12.6 Å². The van der Waals surface area contributed by atoms with Crippen LogP contribution in [0.5, 0.6) is 0 Å². The highest BCUT2D eigenvalue weighted by Gasteiger charge is 2.19. The minimum Gasteiger partial charge on any atom is -0.355 e. The molecule has 5 heteroatoms. The highest BCUT2D eigenvalue weighted by molar-refractivity contribution is 5.87. The fourth-order valence-electron chi connectivity index (χ4n) is 1.06. The smallest absolute Gasteiger partial charge is 0.239 e. The topological polar surface area (TPSA) is 84.2 Å². The van der Waals surface area contributed by atoms with Crippen molar-refractivity contribution in [1.29, 1.82) is 0 Å². The average Bonchev–Trinajstić information content (AvgIpc) is 2.24. The second-order valence-electron chi connectivity index (χ2n) is 3.58. The van der Waals surface area contributed by atoms with E-state index in [0.29, 0.717) is 6.54 Å². The maximum absolute atomic E-state index is 11.4. The molecule has 0 spiro atoms. The lowest BCUT2D eigenvalue weighted by atomic mass is 9.99. The lowest BCUT2D eigenvalue weighted by Crippen LogP contribution is -2.47. The van der Waals surface area contributed by atoms with Crippen molar-refractivity contribution in [3.63, 3.8) is 0 Å². The summed E-state index contributed by atoms with van der Waals surface area (Å²) in [5.74, 6) is -0.336. The van der Waals surface area contributed by atoms with E-state index in [-0.39, 0.29) is 24.3 Å². The molecule has 0 fully saturated rings. The molecule has 0 aliphatic carbocycles. The molecule has 5 nitrogen and oxygen atoms in total. The highest BCUT2D eigenvalue weighted by Crippen LogP contribution is 2.04. The SMILES string of the molecule is CCNC(=O)CNC(=O)[C@@H](N)C(C)CC. The van der Waals surface area contributed by atoms with E-state index in [1.165, 1.54) is 0 Å². The summed E-state index contributed by atoms with van der Waals surface area (Å²) in [6, 6.07) is -0.538. The molecular formula is C10H21N3O2. The van der Waals surface area contributed by atoms with Gasteiger partial charge < -0.3 is 16.4 Å². The number of nitrogens with one attached hydrogen (secondary N) is 2. The summed E-state index contributed by atoms with van der Waals surface area (Å²) in [7, 11) is 0. The van der Waals surface area contributed by atoms with Crippen molar-refractivity contribution in [2.75, 3.05) is 13.1 Å². The van der Waals surface area contributed by atoms with E-state index < -0.39 is 6.04 Å². The largest absolute Gasteiger partial charge is 0.355 e. The highest BCUT2D eigenvalue weighted by atomic mass is 16.2. The van der Waals surface area contributed by atoms with Crippen LogP contribution >= 0.6 is 0 Å². The van der Waals surface area contributed by atoms with Gasteiger partial charge in [0.25, 0.3) is 0 Å². The molecule has 0 aromatic rings. The number of hydrogen-bond acceptors (Lipinski definition) is 3. The van der Waals surface area contributed by atoms with Crippen LogP contribution in [-0.4, -0.2) is 30.9 Å². The maximum Gasteiger partial charge on any atom is 0.239 e. The van der Waals surface area contributed by atoms with Crippen LogP contribution in [0.15, 0.2) is 0 Å². The summed E-state index contributed by atoms with van der Waals surface area (Å²) in [6.07, 6.45) is 0.843. The third-order valence-electron chi connectivity index (χ3n) is 2.36. The average molecular weight is 215 g/mol. The van der Waals surface area contributed by atoms with Gasteiger partial charge in [0, 0.05) is 6.54 Å². The van der Waals surface area contributed by atoms with Crippen molar-refractivity contribution in [3.05, 3.63) is 0 Å². The van der Waals surface area contributed by atoms with E-state index in [0.717, 1.165) is 6.42 Å². The Morgan fingerprint density at radius 3 is 2.33 bits per heavy atom. The fraction of sp³-hybridized carbons (Fsp3) is 0.800. The van der Waals surface area contributed by atoms with E-state index in [9.17, 15) is 9.59 Å². The van der Waals surface area contributed by atoms with E-state index in [2.05, 4.69) is 10.6 Å². The number of carbonyl (C=O) groups excluding carboxylic acids is 2. The Morgan fingerprint density at radius 2 is 1.87 bits per heavy atom. The van der Waals surface area contributed by atoms with E-state index in [4.69, 9.17) is 5.73 Å². The molecular weight excluding hydrogens is 194 g/mol. The second kappa shape index (κ2) is 7.23. The normalized spacial score (nSPS) is 14.1. The molecule has 0 aliphatic rings. The van der Waals surface area contributed by atoms with Gasteiger partial charge in [-0.05, 0) is 12.8 Å². The first-order chi connectivity index (χ1) is 7.02. The molecule has 0 rings (SSSR count). The number of likely N-dealkylation sites (N-methyl/N-ethyl adjacent to an activating group) is 1. The van der Waals surface area contributed by atoms with Crippen LogP contribution < -0.4 is 16.4 Å². The van der Waals surface area contributed by atoms with Gasteiger partial charge in [-0.1, -0.05) is 20.3 Å². The second-order valence-corrected chi connectivity index (χ2v) is 3.58. The molecule has 2 amide bonds. The Balaban J connectivity index is 3.88. The van der Waals surface area contributed by atoms with E-state index in [1.807, 2.05) is 20.8 Å². The lowest BCUT2D eigenvalue weighted by Gasteiger charge is -2.17. The summed E-state index contributed by atoms with van der Waals surface area (Å²) >= 11 is 0. The minimum atomic E-state index is -0.538. The molecule has 2 atom stereocenters. The van der Waals surface area contributed by atoms with Gasteiger partial charge in [-0.2, -0.15) is 0 Å².